The Kier molecular flexibility index (Phi) is 2.58. The first-order valence-corrected chi connectivity index (χ1v) is 11.5. The van der Waals surface area contributed by atoms with Gasteiger partial charge in [0.05, 0.1) is 0 Å². The summed E-state index contributed by atoms with van der Waals surface area (Å²) in [7, 11) is 0. The zero-order valence-corrected chi connectivity index (χ0v) is 9.18. The monoisotopic (exact) mass is 227 g/mol. The van der Waals surface area contributed by atoms with Gasteiger partial charge in [-0.05, 0) is 0 Å². The molecule has 0 aromatic heterocycles. The molecule has 1 radical (unpaired) electrons. The Morgan fingerprint density at radius 3 is 2.11 bits per heavy atom. The Labute approximate surface area is 63.6 Å². The summed E-state index contributed by atoms with van der Waals surface area (Å²) in [5, 5.41) is 0. The average Bonchev–Trinajstić information content (AvgIpc) is 1.90. The molecule has 1 aromatic rings. The molecule has 1 heteroatoms. The molecule has 1 rings (SSSR count). The van der Waals surface area contributed by atoms with E-state index in [0.717, 1.165) is 0 Å². The van der Waals surface area contributed by atoms with Crippen molar-refractivity contribution < 1.29 is 0 Å². The zero-order chi connectivity index (χ0) is 6.69. The van der Waals surface area contributed by atoms with E-state index in [2.05, 4.69) is 28.1 Å². The molecule has 1 aromatic carbocycles. The van der Waals surface area contributed by atoms with Gasteiger partial charge in [-0.3, -0.25) is 0 Å². The van der Waals surface area contributed by atoms with Gasteiger partial charge in [-0.15, -0.1) is 0 Å². The SMILES string of the molecule is [CH3][SnH]([CH3])[c]1cc[c]cc1. The van der Waals surface area contributed by atoms with Crippen molar-refractivity contribution >= 4 is 23.3 Å². The van der Waals surface area contributed by atoms with E-state index in [0.29, 0.717) is 0 Å². The Bertz CT molecular complexity index is 167. The fourth-order valence-corrected chi connectivity index (χ4v) is 3.53. The molecular weight excluding hydrogens is 215 g/mol. The van der Waals surface area contributed by atoms with E-state index in [-0.39, 0.29) is 0 Å². The summed E-state index contributed by atoms with van der Waals surface area (Å²) >= 11 is -1.16. The van der Waals surface area contributed by atoms with Gasteiger partial charge in [0.15, 0.2) is 0 Å². The Hall–Kier alpha value is 0.0187. The van der Waals surface area contributed by atoms with Gasteiger partial charge in [0.1, 0.15) is 0 Å². The first kappa shape index (κ1) is 7.13. The topological polar surface area (TPSA) is 0 Å². The van der Waals surface area contributed by atoms with Gasteiger partial charge in [-0.25, -0.2) is 0 Å². The zero-order valence-electron chi connectivity index (χ0n) is 5.89. The average molecular weight is 226 g/mol. The quantitative estimate of drug-likeness (QED) is 0.630. The standard InChI is InChI=1S/C6H4.2CH3.Sn.H/c1-2-4-6-5-3-1;;;;/h1-2,5-6H;2*1H3;;. The third-order valence-electron chi connectivity index (χ3n) is 1.41. The summed E-state index contributed by atoms with van der Waals surface area (Å²) < 4.78 is 1.59. The molecule has 0 aliphatic carbocycles. The first-order chi connectivity index (χ1) is 4.30. The molecular formula is C8H11Sn. The molecule has 0 saturated carbocycles. The normalized spacial score (nSPS) is 10.1. The van der Waals surface area contributed by atoms with E-state index < -0.39 is 19.8 Å². The second-order valence-electron chi connectivity index (χ2n) is 2.49. The van der Waals surface area contributed by atoms with E-state index in [1.807, 2.05) is 12.1 Å². The number of hydrogen-bond acceptors (Lipinski definition) is 0. The van der Waals surface area contributed by atoms with E-state index in [1.54, 1.807) is 3.58 Å². The van der Waals surface area contributed by atoms with Crippen LogP contribution in [0.25, 0.3) is 0 Å². The van der Waals surface area contributed by atoms with Crippen LogP contribution >= 0.6 is 0 Å². The Morgan fingerprint density at radius 1 is 1.22 bits per heavy atom. The number of rotatable bonds is 1. The van der Waals surface area contributed by atoms with Crippen molar-refractivity contribution in [3.63, 3.8) is 0 Å². The van der Waals surface area contributed by atoms with Crippen LogP contribution in [0.2, 0.25) is 9.88 Å². The second-order valence-corrected chi connectivity index (χ2v) is 11.0. The third kappa shape index (κ3) is 2.01. The van der Waals surface area contributed by atoms with Crippen LogP contribution in [0.5, 0.6) is 0 Å². The molecule has 0 saturated heterocycles. The summed E-state index contributed by atoms with van der Waals surface area (Å²) in [6, 6.07) is 11.4. The molecule has 0 aliphatic rings. The van der Waals surface area contributed by atoms with Crippen LogP contribution in [-0.4, -0.2) is 19.8 Å². The van der Waals surface area contributed by atoms with Crippen molar-refractivity contribution in [3.8, 4) is 0 Å². The number of benzene rings is 1. The van der Waals surface area contributed by atoms with E-state index >= 15 is 0 Å². The molecule has 0 heterocycles. The summed E-state index contributed by atoms with van der Waals surface area (Å²) in [6.07, 6.45) is 0. The van der Waals surface area contributed by atoms with E-state index in [1.165, 1.54) is 0 Å². The fraction of sp³-hybridized carbons (Fsp3) is 0.250. The minimum absolute atomic E-state index is 1.16. The maximum atomic E-state index is 3.02. The molecule has 0 amide bonds. The van der Waals surface area contributed by atoms with Crippen LogP contribution in [-0.2, 0) is 0 Å². The molecule has 0 unspecified atom stereocenters. The van der Waals surface area contributed by atoms with Gasteiger partial charge < -0.3 is 0 Å². The Balaban J connectivity index is 2.85. The number of hydrogen-bond donors (Lipinski definition) is 0. The molecule has 47 valence electrons. The van der Waals surface area contributed by atoms with Crippen LogP contribution < -0.4 is 3.58 Å². The summed E-state index contributed by atoms with van der Waals surface area (Å²) in [5.74, 6) is 0. The summed E-state index contributed by atoms with van der Waals surface area (Å²) in [4.78, 5) is 4.80. The predicted molar refractivity (Wildman–Crippen MR) is 43.8 cm³/mol. The summed E-state index contributed by atoms with van der Waals surface area (Å²) in [5.41, 5.74) is 0. The van der Waals surface area contributed by atoms with Crippen molar-refractivity contribution in [2.45, 2.75) is 9.88 Å². The minimum atomic E-state index is -1.16. The molecule has 0 aliphatic heterocycles. The van der Waals surface area contributed by atoms with Gasteiger partial charge in [0.2, 0.25) is 0 Å². The first-order valence-electron chi connectivity index (χ1n) is 3.26. The molecule has 0 spiro atoms. The van der Waals surface area contributed by atoms with Crippen molar-refractivity contribution in [2.75, 3.05) is 0 Å². The van der Waals surface area contributed by atoms with Crippen molar-refractivity contribution in [1.82, 2.24) is 0 Å². The molecule has 0 nitrogen and oxygen atoms in total. The Morgan fingerprint density at radius 2 is 1.78 bits per heavy atom. The molecule has 0 atom stereocenters. The van der Waals surface area contributed by atoms with Gasteiger partial charge >= 0.3 is 63.6 Å². The van der Waals surface area contributed by atoms with E-state index in [4.69, 9.17) is 0 Å². The van der Waals surface area contributed by atoms with Crippen molar-refractivity contribution in [1.29, 1.82) is 0 Å². The van der Waals surface area contributed by atoms with Crippen LogP contribution in [0.1, 0.15) is 0 Å². The van der Waals surface area contributed by atoms with Crippen LogP contribution in [0, 0.1) is 6.07 Å². The van der Waals surface area contributed by atoms with Gasteiger partial charge in [0.25, 0.3) is 0 Å². The molecule has 0 fully saturated rings. The van der Waals surface area contributed by atoms with Crippen molar-refractivity contribution in [3.05, 3.63) is 30.3 Å². The van der Waals surface area contributed by atoms with Crippen LogP contribution in [0.3, 0.4) is 0 Å². The van der Waals surface area contributed by atoms with Gasteiger partial charge in [-0.1, -0.05) is 0 Å². The van der Waals surface area contributed by atoms with Crippen LogP contribution in [0.4, 0.5) is 0 Å². The molecule has 0 bridgehead atoms. The van der Waals surface area contributed by atoms with Crippen LogP contribution in [0.15, 0.2) is 24.3 Å². The maximum absolute atomic E-state index is 3.02. The third-order valence-corrected chi connectivity index (χ3v) is 6.31. The van der Waals surface area contributed by atoms with Gasteiger partial charge in [0, 0.05) is 0 Å². The van der Waals surface area contributed by atoms with E-state index in [9.17, 15) is 0 Å². The second kappa shape index (κ2) is 3.25. The fourth-order valence-electron chi connectivity index (χ4n) is 0.785. The predicted octanol–water partition coefficient (Wildman–Crippen LogP) is 1.18. The molecule has 9 heavy (non-hydrogen) atoms. The molecule has 0 N–H and O–H groups in total. The van der Waals surface area contributed by atoms with Crippen molar-refractivity contribution in [2.24, 2.45) is 0 Å². The summed E-state index contributed by atoms with van der Waals surface area (Å²) in [6.45, 7) is 0. The van der Waals surface area contributed by atoms with Gasteiger partial charge in [-0.2, -0.15) is 0 Å².